The first-order valence-corrected chi connectivity index (χ1v) is 8.82. The van der Waals surface area contributed by atoms with E-state index in [4.69, 9.17) is 0 Å². The van der Waals surface area contributed by atoms with E-state index in [2.05, 4.69) is 41.6 Å². The molecule has 5 rings (SSSR count). The van der Waals surface area contributed by atoms with Gasteiger partial charge in [-0.2, -0.15) is 20.1 Å². The molecule has 10 heteroatoms. The van der Waals surface area contributed by atoms with Crippen molar-refractivity contribution in [2.24, 2.45) is 10.2 Å². The predicted octanol–water partition coefficient (Wildman–Crippen LogP) is 3.70. The van der Waals surface area contributed by atoms with Crippen molar-refractivity contribution in [1.82, 2.24) is 34.6 Å². The number of H-pyrrole nitrogens is 1. The quantitative estimate of drug-likeness (QED) is 0.476. The Balaban J connectivity index is 1.68. The largest absolute Gasteiger partial charge is 0.324 e. The minimum absolute atomic E-state index is 0.297. The normalized spacial score (nSPS) is 11.6. The first-order chi connectivity index (χ1) is 14.2. The number of aromatic amines is 1. The lowest BCUT2D eigenvalue weighted by Crippen LogP contribution is -1.99. The van der Waals surface area contributed by atoms with E-state index in [-0.39, 0.29) is 0 Å². The number of nitriles is 1. The Kier molecular flexibility index (Phi) is 3.67. The molecule has 5 aromatic rings. The summed E-state index contributed by atoms with van der Waals surface area (Å²) in [7, 11) is 0. The zero-order chi connectivity index (χ0) is 20.0. The molecule has 0 atom stereocenters. The van der Waals surface area contributed by atoms with E-state index >= 15 is 0 Å². The highest BCUT2D eigenvalue weighted by molar-refractivity contribution is 5.88. The van der Waals surface area contributed by atoms with Gasteiger partial charge in [-0.15, -0.1) is 20.0 Å². The van der Waals surface area contributed by atoms with E-state index in [1.165, 1.54) is 15.5 Å². The summed E-state index contributed by atoms with van der Waals surface area (Å²) in [6.45, 7) is 3.65. The van der Waals surface area contributed by atoms with Crippen LogP contribution in [0.2, 0.25) is 0 Å². The number of aromatic nitrogens is 7. The number of azo groups is 1. The van der Waals surface area contributed by atoms with Crippen molar-refractivity contribution in [3.8, 4) is 11.9 Å². The second-order valence-corrected chi connectivity index (χ2v) is 6.44. The molecule has 4 heterocycles. The van der Waals surface area contributed by atoms with Crippen LogP contribution in [0.1, 0.15) is 17.1 Å². The molecule has 0 saturated heterocycles. The van der Waals surface area contributed by atoms with Crippen molar-refractivity contribution in [2.75, 3.05) is 0 Å². The highest BCUT2D eigenvalue weighted by atomic mass is 15.5. The molecule has 0 unspecified atom stereocenters. The Morgan fingerprint density at radius 2 is 1.97 bits per heavy atom. The molecule has 0 radical (unpaired) electrons. The first-order valence-electron chi connectivity index (χ1n) is 8.82. The molecule has 0 spiro atoms. The average molecular weight is 382 g/mol. The minimum atomic E-state index is 0.297. The Hall–Kier alpha value is -4.39. The lowest BCUT2D eigenvalue weighted by Gasteiger charge is -2.06. The summed E-state index contributed by atoms with van der Waals surface area (Å²) >= 11 is 0. The summed E-state index contributed by atoms with van der Waals surface area (Å²) in [5, 5.41) is 33.0. The molecule has 140 valence electrons. The van der Waals surface area contributed by atoms with Crippen molar-refractivity contribution >= 4 is 27.9 Å². The van der Waals surface area contributed by atoms with Gasteiger partial charge in [-0.1, -0.05) is 24.3 Å². The maximum Gasteiger partial charge on any atom is 0.197 e. The molecule has 0 saturated carbocycles. The average Bonchev–Trinajstić information content (AvgIpc) is 3.38. The monoisotopic (exact) mass is 382 g/mol. The van der Waals surface area contributed by atoms with Gasteiger partial charge >= 0.3 is 0 Å². The lowest BCUT2D eigenvalue weighted by molar-refractivity contribution is 0.793. The van der Waals surface area contributed by atoms with Gasteiger partial charge in [0.25, 0.3) is 0 Å². The number of pyridine rings is 1. The number of benzene rings is 1. The van der Waals surface area contributed by atoms with E-state index in [9.17, 15) is 5.26 Å². The number of aryl methyl sites for hydroxylation is 2. The summed E-state index contributed by atoms with van der Waals surface area (Å²) in [5.41, 5.74) is 2.15. The van der Waals surface area contributed by atoms with Gasteiger partial charge in [-0.25, -0.2) is 4.98 Å². The highest BCUT2D eigenvalue weighted by Crippen LogP contribution is 2.30. The Labute approximate surface area is 164 Å². The van der Waals surface area contributed by atoms with Crippen LogP contribution in [0.5, 0.6) is 0 Å². The third-order valence-electron chi connectivity index (χ3n) is 4.52. The second-order valence-electron chi connectivity index (χ2n) is 6.44. The van der Waals surface area contributed by atoms with Crippen molar-refractivity contribution in [3.63, 3.8) is 0 Å². The van der Waals surface area contributed by atoms with Crippen LogP contribution in [0.3, 0.4) is 0 Å². The van der Waals surface area contributed by atoms with E-state index in [0.29, 0.717) is 40.1 Å². The van der Waals surface area contributed by atoms with E-state index in [1.54, 1.807) is 6.20 Å². The van der Waals surface area contributed by atoms with Crippen LogP contribution >= 0.6 is 0 Å². The molecule has 10 nitrogen and oxygen atoms in total. The van der Waals surface area contributed by atoms with Crippen LogP contribution in [-0.4, -0.2) is 34.6 Å². The van der Waals surface area contributed by atoms with Crippen molar-refractivity contribution in [3.05, 3.63) is 59.8 Å². The molecule has 1 aromatic carbocycles. The van der Waals surface area contributed by atoms with Gasteiger partial charge in [0.05, 0.1) is 11.9 Å². The maximum atomic E-state index is 9.52. The molecule has 0 amide bonds. The Morgan fingerprint density at radius 1 is 1.10 bits per heavy atom. The van der Waals surface area contributed by atoms with Gasteiger partial charge in [-0.3, -0.25) is 0 Å². The van der Waals surface area contributed by atoms with Gasteiger partial charge < -0.3 is 4.98 Å². The second kappa shape index (κ2) is 6.35. The van der Waals surface area contributed by atoms with Gasteiger partial charge in [-0.05, 0) is 25.3 Å². The smallest absolute Gasteiger partial charge is 0.197 e. The van der Waals surface area contributed by atoms with Crippen LogP contribution in [0.15, 0.2) is 53.0 Å². The van der Waals surface area contributed by atoms with Crippen molar-refractivity contribution in [1.29, 1.82) is 5.26 Å². The standard InChI is InChI=1S/C19H14N10/c1-11-16(19-23-12(2)27-29(19)26-11)24-25-17-14(9-20)10-22-28(17)18-15-6-4-3-5-13(15)7-8-21-18/h3-8,10H,1-2H3,(H,23,27)/b25-24+. The highest BCUT2D eigenvalue weighted by Gasteiger charge is 2.17. The van der Waals surface area contributed by atoms with E-state index in [1.807, 2.05) is 44.2 Å². The Bertz CT molecular complexity index is 1440. The van der Waals surface area contributed by atoms with Gasteiger partial charge in [0.2, 0.25) is 0 Å². The van der Waals surface area contributed by atoms with Crippen molar-refractivity contribution < 1.29 is 0 Å². The molecular weight excluding hydrogens is 368 g/mol. The van der Waals surface area contributed by atoms with Gasteiger partial charge in [0.1, 0.15) is 17.5 Å². The number of hydrogen-bond acceptors (Lipinski definition) is 7. The summed E-state index contributed by atoms with van der Waals surface area (Å²) in [5.74, 6) is 1.59. The molecule has 0 fully saturated rings. The van der Waals surface area contributed by atoms with Crippen LogP contribution < -0.4 is 0 Å². The molecule has 0 aliphatic rings. The van der Waals surface area contributed by atoms with Crippen LogP contribution in [0.25, 0.3) is 22.2 Å². The fraction of sp³-hybridized carbons (Fsp3) is 0.105. The molecule has 29 heavy (non-hydrogen) atoms. The third-order valence-corrected chi connectivity index (χ3v) is 4.52. The first kappa shape index (κ1) is 16.8. The number of fused-ring (bicyclic) bond motifs is 2. The summed E-state index contributed by atoms with van der Waals surface area (Å²) in [6, 6.07) is 11.9. The zero-order valence-corrected chi connectivity index (χ0v) is 15.6. The fourth-order valence-corrected chi connectivity index (χ4v) is 3.19. The third kappa shape index (κ3) is 2.64. The predicted molar refractivity (Wildman–Crippen MR) is 105 cm³/mol. The minimum Gasteiger partial charge on any atom is -0.324 e. The fourth-order valence-electron chi connectivity index (χ4n) is 3.19. The zero-order valence-electron chi connectivity index (χ0n) is 15.6. The lowest BCUT2D eigenvalue weighted by atomic mass is 10.1. The van der Waals surface area contributed by atoms with Gasteiger partial charge in [0, 0.05) is 11.6 Å². The van der Waals surface area contributed by atoms with Crippen LogP contribution in [0.4, 0.5) is 11.5 Å². The van der Waals surface area contributed by atoms with Gasteiger partial charge in [0.15, 0.2) is 23.0 Å². The molecule has 0 aliphatic heterocycles. The van der Waals surface area contributed by atoms with Crippen molar-refractivity contribution in [2.45, 2.75) is 13.8 Å². The van der Waals surface area contributed by atoms with E-state index < -0.39 is 0 Å². The molecular formula is C19H14N10. The van der Waals surface area contributed by atoms with E-state index in [0.717, 1.165) is 10.8 Å². The van der Waals surface area contributed by atoms with Crippen LogP contribution in [0, 0.1) is 25.2 Å². The molecule has 1 N–H and O–H groups in total. The number of nitrogens with one attached hydrogen (secondary N) is 1. The summed E-state index contributed by atoms with van der Waals surface area (Å²) in [4.78, 5) is 7.57. The Morgan fingerprint density at radius 3 is 2.83 bits per heavy atom. The SMILES string of the molecule is Cc1nn2nc(C)c(/N=N/c3c(C#N)cnn3-c3nccc4ccccc34)c2[nH]1. The topological polar surface area (TPSA) is 125 Å². The summed E-state index contributed by atoms with van der Waals surface area (Å²) < 4.78 is 3.01. The molecule has 4 aromatic heterocycles. The molecule has 0 bridgehead atoms. The maximum absolute atomic E-state index is 9.52. The number of nitrogens with zero attached hydrogens (tertiary/aromatic N) is 9. The number of hydrogen-bond donors (Lipinski definition) is 1. The summed E-state index contributed by atoms with van der Waals surface area (Å²) in [6.07, 6.45) is 3.16. The molecule has 0 aliphatic carbocycles. The van der Waals surface area contributed by atoms with Crippen LogP contribution in [-0.2, 0) is 0 Å². The number of rotatable bonds is 3.